The summed E-state index contributed by atoms with van der Waals surface area (Å²) in [5.74, 6) is -0.892. The van der Waals surface area contributed by atoms with Gasteiger partial charge in [-0.05, 0) is 24.6 Å². The molecule has 0 aliphatic heterocycles. The molecule has 0 bridgehead atoms. The number of amides is 1. The van der Waals surface area contributed by atoms with E-state index in [1.54, 1.807) is 24.3 Å². The first-order valence-electron chi connectivity index (χ1n) is 5.93. The number of carboxylic acids is 1. The molecule has 0 saturated heterocycles. The van der Waals surface area contributed by atoms with Gasteiger partial charge in [-0.2, -0.15) is 0 Å². The maximum absolute atomic E-state index is 11.2. The van der Waals surface area contributed by atoms with Crippen LogP contribution in [0.2, 0.25) is 0 Å². The molecule has 98 valence electrons. The third kappa shape index (κ3) is 4.97. The normalized spacial score (nSPS) is 10.1. The third-order valence-electron chi connectivity index (χ3n) is 2.43. The van der Waals surface area contributed by atoms with E-state index < -0.39 is 5.97 Å². The first-order chi connectivity index (χ1) is 8.63. The Kier molecular flexibility index (Phi) is 5.87. The molecule has 1 amide bonds. The van der Waals surface area contributed by atoms with Gasteiger partial charge in [0.1, 0.15) is 0 Å². The SMILES string of the molecule is CCNC(=O)CCNCc1ccc(C(=O)O)cc1. The lowest BCUT2D eigenvalue weighted by atomic mass is 10.1. The molecule has 18 heavy (non-hydrogen) atoms. The van der Waals surface area contributed by atoms with E-state index in [1.807, 2.05) is 6.92 Å². The highest BCUT2D eigenvalue weighted by molar-refractivity contribution is 5.87. The molecular weight excluding hydrogens is 232 g/mol. The van der Waals surface area contributed by atoms with Crippen molar-refractivity contribution < 1.29 is 14.7 Å². The average molecular weight is 250 g/mol. The molecule has 1 aromatic carbocycles. The Morgan fingerprint density at radius 1 is 1.22 bits per heavy atom. The van der Waals surface area contributed by atoms with Crippen LogP contribution >= 0.6 is 0 Å². The number of benzene rings is 1. The van der Waals surface area contributed by atoms with Crippen LogP contribution in [-0.2, 0) is 11.3 Å². The first-order valence-corrected chi connectivity index (χ1v) is 5.93. The number of carbonyl (C=O) groups excluding carboxylic acids is 1. The van der Waals surface area contributed by atoms with Crippen molar-refractivity contribution in [3.05, 3.63) is 35.4 Å². The summed E-state index contributed by atoms with van der Waals surface area (Å²) >= 11 is 0. The zero-order valence-corrected chi connectivity index (χ0v) is 10.4. The predicted octanol–water partition coefficient (Wildman–Crippen LogP) is 1.00. The second-order valence-electron chi connectivity index (χ2n) is 3.88. The van der Waals surface area contributed by atoms with Gasteiger partial charge in [0, 0.05) is 26.1 Å². The van der Waals surface area contributed by atoms with Gasteiger partial charge < -0.3 is 15.7 Å². The molecule has 5 nitrogen and oxygen atoms in total. The van der Waals surface area contributed by atoms with Crippen molar-refractivity contribution >= 4 is 11.9 Å². The standard InChI is InChI=1S/C13H18N2O3/c1-2-15-12(16)7-8-14-9-10-3-5-11(6-4-10)13(17)18/h3-6,14H,2,7-9H2,1H3,(H,15,16)(H,17,18). The minimum absolute atomic E-state index is 0.0335. The molecule has 0 saturated carbocycles. The molecule has 1 aromatic rings. The van der Waals surface area contributed by atoms with Crippen LogP contribution in [0.15, 0.2) is 24.3 Å². The number of carbonyl (C=O) groups is 2. The van der Waals surface area contributed by atoms with Gasteiger partial charge in [-0.3, -0.25) is 4.79 Å². The van der Waals surface area contributed by atoms with Crippen LogP contribution in [0, 0.1) is 0 Å². The smallest absolute Gasteiger partial charge is 0.335 e. The highest BCUT2D eigenvalue weighted by Gasteiger charge is 2.02. The van der Waals surface area contributed by atoms with Crippen LogP contribution in [0.5, 0.6) is 0 Å². The average Bonchev–Trinajstić information content (AvgIpc) is 2.35. The fraction of sp³-hybridized carbons (Fsp3) is 0.385. The van der Waals surface area contributed by atoms with Gasteiger partial charge in [-0.15, -0.1) is 0 Å². The lowest BCUT2D eigenvalue weighted by Gasteiger charge is -2.05. The van der Waals surface area contributed by atoms with Gasteiger partial charge in [0.15, 0.2) is 0 Å². The molecule has 0 heterocycles. The Bertz CT molecular complexity index is 401. The van der Waals surface area contributed by atoms with E-state index in [1.165, 1.54) is 0 Å². The van der Waals surface area contributed by atoms with Gasteiger partial charge in [0.05, 0.1) is 5.56 Å². The summed E-state index contributed by atoms with van der Waals surface area (Å²) in [6.07, 6.45) is 0.445. The van der Waals surface area contributed by atoms with Gasteiger partial charge in [0.25, 0.3) is 0 Å². The third-order valence-corrected chi connectivity index (χ3v) is 2.43. The Morgan fingerprint density at radius 2 is 1.89 bits per heavy atom. The molecule has 0 aromatic heterocycles. The number of rotatable bonds is 7. The highest BCUT2D eigenvalue weighted by atomic mass is 16.4. The Labute approximate surface area is 106 Å². The van der Waals surface area contributed by atoms with E-state index in [9.17, 15) is 9.59 Å². The van der Waals surface area contributed by atoms with Gasteiger partial charge in [0.2, 0.25) is 5.91 Å². The zero-order chi connectivity index (χ0) is 13.4. The molecule has 0 fully saturated rings. The largest absolute Gasteiger partial charge is 0.478 e. The number of aromatic carboxylic acids is 1. The number of carboxylic acid groups (broad SMARTS) is 1. The van der Waals surface area contributed by atoms with Crippen LogP contribution in [0.25, 0.3) is 0 Å². The molecule has 0 unspecified atom stereocenters. The van der Waals surface area contributed by atoms with E-state index in [0.29, 0.717) is 26.1 Å². The van der Waals surface area contributed by atoms with Crippen molar-refractivity contribution in [2.24, 2.45) is 0 Å². The van der Waals surface area contributed by atoms with E-state index in [2.05, 4.69) is 10.6 Å². The van der Waals surface area contributed by atoms with Crippen LogP contribution in [-0.4, -0.2) is 30.1 Å². The summed E-state index contributed by atoms with van der Waals surface area (Å²) in [4.78, 5) is 21.8. The molecule has 5 heteroatoms. The Hall–Kier alpha value is -1.88. The van der Waals surface area contributed by atoms with Crippen molar-refractivity contribution in [1.82, 2.24) is 10.6 Å². The van der Waals surface area contributed by atoms with E-state index in [-0.39, 0.29) is 11.5 Å². The topological polar surface area (TPSA) is 78.4 Å². The summed E-state index contributed by atoms with van der Waals surface area (Å²) in [7, 11) is 0. The summed E-state index contributed by atoms with van der Waals surface area (Å²) < 4.78 is 0. The lowest BCUT2D eigenvalue weighted by molar-refractivity contribution is -0.120. The Balaban J connectivity index is 2.27. The fourth-order valence-electron chi connectivity index (χ4n) is 1.49. The fourth-order valence-corrected chi connectivity index (χ4v) is 1.49. The molecular formula is C13H18N2O3. The summed E-state index contributed by atoms with van der Waals surface area (Å²) in [6.45, 7) is 3.76. The van der Waals surface area contributed by atoms with Crippen LogP contribution in [0.3, 0.4) is 0 Å². The zero-order valence-electron chi connectivity index (χ0n) is 10.4. The second kappa shape index (κ2) is 7.45. The van der Waals surface area contributed by atoms with Crippen molar-refractivity contribution in [2.75, 3.05) is 13.1 Å². The minimum atomic E-state index is -0.925. The van der Waals surface area contributed by atoms with Crippen molar-refractivity contribution in [2.45, 2.75) is 19.9 Å². The molecule has 0 spiro atoms. The van der Waals surface area contributed by atoms with Crippen LogP contribution in [0.1, 0.15) is 29.3 Å². The monoisotopic (exact) mass is 250 g/mol. The van der Waals surface area contributed by atoms with Gasteiger partial charge in [-0.25, -0.2) is 4.79 Å². The van der Waals surface area contributed by atoms with Crippen molar-refractivity contribution in [3.8, 4) is 0 Å². The summed E-state index contributed by atoms with van der Waals surface area (Å²) in [5.41, 5.74) is 1.27. The van der Waals surface area contributed by atoms with Crippen LogP contribution in [0.4, 0.5) is 0 Å². The molecule has 3 N–H and O–H groups in total. The minimum Gasteiger partial charge on any atom is -0.478 e. The van der Waals surface area contributed by atoms with Crippen LogP contribution < -0.4 is 10.6 Å². The van der Waals surface area contributed by atoms with E-state index in [4.69, 9.17) is 5.11 Å². The van der Waals surface area contributed by atoms with Crippen molar-refractivity contribution in [3.63, 3.8) is 0 Å². The summed E-state index contributed by atoms with van der Waals surface area (Å²) in [6, 6.07) is 6.68. The maximum Gasteiger partial charge on any atom is 0.335 e. The molecule has 0 atom stereocenters. The quantitative estimate of drug-likeness (QED) is 0.631. The number of hydrogen-bond acceptors (Lipinski definition) is 3. The first kappa shape index (κ1) is 14.2. The maximum atomic E-state index is 11.2. The molecule has 0 aliphatic carbocycles. The van der Waals surface area contributed by atoms with Crippen molar-refractivity contribution in [1.29, 1.82) is 0 Å². The number of hydrogen-bond donors (Lipinski definition) is 3. The Morgan fingerprint density at radius 3 is 2.44 bits per heavy atom. The van der Waals surface area contributed by atoms with Gasteiger partial charge >= 0.3 is 5.97 Å². The second-order valence-corrected chi connectivity index (χ2v) is 3.88. The number of nitrogens with one attached hydrogen (secondary N) is 2. The summed E-state index contributed by atoms with van der Waals surface area (Å²) in [5, 5.41) is 14.6. The van der Waals surface area contributed by atoms with E-state index >= 15 is 0 Å². The molecule has 0 radical (unpaired) electrons. The van der Waals surface area contributed by atoms with Gasteiger partial charge in [-0.1, -0.05) is 12.1 Å². The molecule has 1 rings (SSSR count). The highest BCUT2D eigenvalue weighted by Crippen LogP contribution is 2.04. The van der Waals surface area contributed by atoms with E-state index in [0.717, 1.165) is 5.56 Å². The molecule has 0 aliphatic rings. The predicted molar refractivity (Wildman–Crippen MR) is 68.4 cm³/mol. The lowest BCUT2D eigenvalue weighted by Crippen LogP contribution is -2.27.